The summed E-state index contributed by atoms with van der Waals surface area (Å²) in [7, 11) is 0. The van der Waals surface area contributed by atoms with Crippen LogP contribution in [0.4, 0.5) is 0 Å². The number of fused-ring (bicyclic) bond motifs is 1. The molecular weight excluding hydrogens is 320 g/mol. The molecule has 0 aromatic heterocycles. The number of hydrogen-bond donors (Lipinski definition) is 2. The maximum absolute atomic E-state index is 12.2. The molecule has 25 heavy (non-hydrogen) atoms. The topological polar surface area (TPSA) is 86.7 Å². The lowest BCUT2D eigenvalue weighted by Crippen LogP contribution is -2.35. The van der Waals surface area contributed by atoms with Gasteiger partial charge in [0.2, 0.25) is 5.91 Å². The van der Waals surface area contributed by atoms with E-state index in [1.165, 1.54) is 0 Å². The van der Waals surface area contributed by atoms with E-state index in [0.717, 1.165) is 10.5 Å². The molecule has 2 aromatic carbocycles. The lowest BCUT2D eigenvalue weighted by atomic mass is 10.1. The number of phenols is 1. The molecule has 0 atom stereocenters. The Hall–Kier alpha value is -3.15. The molecule has 0 unspecified atom stereocenters. The van der Waals surface area contributed by atoms with Crippen LogP contribution < -0.4 is 5.32 Å². The van der Waals surface area contributed by atoms with E-state index in [9.17, 15) is 19.5 Å². The van der Waals surface area contributed by atoms with Gasteiger partial charge in [0.1, 0.15) is 5.75 Å². The minimum atomic E-state index is -0.354. The van der Waals surface area contributed by atoms with Gasteiger partial charge < -0.3 is 10.4 Å². The zero-order valence-electron chi connectivity index (χ0n) is 13.6. The van der Waals surface area contributed by atoms with Crippen LogP contribution in [0, 0.1) is 0 Å². The number of hydrogen-bond acceptors (Lipinski definition) is 4. The van der Waals surface area contributed by atoms with Crippen LogP contribution >= 0.6 is 0 Å². The summed E-state index contributed by atoms with van der Waals surface area (Å²) in [6.45, 7) is 0.481. The molecule has 0 bridgehead atoms. The first-order chi connectivity index (χ1) is 12.1. The fraction of sp³-hybridized carbons (Fsp3) is 0.211. The smallest absolute Gasteiger partial charge is 0.261 e. The Labute approximate surface area is 145 Å². The quantitative estimate of drug-likeness (QED) is 0.786. The van der Waals surface area contributed by atoms with E-state index in [0.29, 0.717) is 24.1 Å². The molecule has 1 aliphatic heterocycles. The van der Waals surface area contributed by atoms with Crippen molar-refractivity contribution in [2.24, 2.45) is 0 Å². The highest BCUT2D eigenvalue weighted by Gasteiger charge is 2.34. The van der Waals surface area contributed by atoms with E-state index in [2.05, 4.69) is 5.32 Å². The van der Waals surface area contributed by atoms with Crippen LogP contribution in [0.2, 0.25) is 0 Å². The summed E-state index contributed by atoms with van der Waals surface area (Å²) in [6, 6.07) is 13.5. The number of nitrogens with one attached hydrogen (secondary N) is 1. The minimum absolute atomic E-state index is 0.0598. The molecule has 3 rings (SSSR count). The first kappa shape index (κ1) is 16.7. The van der Waals surface area contributed by atoms with E-state index in [1.54, 1.807) is 42.5 Å². The average Bonchev–Trinajstić information content (AvgIpc) is 2.85. The molecule has 0 saturated carbocycles. The van der Waals surface area contributed by atoms with Crippen molar-refractivity contribution in [2.45, 2.75) is 12.8 Å². The van der Waals surface area contributed by atoms with Gasteiger partial charge in [-0.15, -0.1) is 0 Å². The summed E-state index contributed by atoms with van der Waals surface area (Å²) in [4.78, 5) is 37.4. The Morgan fingerprint density at radius 1 is 1.00 bits per heavy atom. The number of aromatic hydroxyl groups is 1. The van der Waals surface area contributed by atoms with Crippen LogP contribution in [0.15, 0.2) is 48.5 Å². The maximum atomic E-state index is 12.2. The number of benzene rings is 2. The number of phenolic OH excluding ortho intramolecular Hbond substituents is 1. The van der Waals surface area contributed by atoms with Crippen LogP contribution in [-0.4, -0.2) is 40.8 Å². The second kappa shape index (κ2) is 7.17. The molecule has 6 nitrogen and oxygen atoms in total. The van der Waals surface area contributed by atoms with Crippen molar-refractivity contribution in [3.8, 4) is 5.75 Å². The van der Waals surface area contributed by atoms with E-state index < -0.39 is 0 Å². The Bertz CT molecular complexity index is 797. The maximum Gasteiger partial charge on any atom is 0.261 e. The average molecular weight is 338 g/mol. The highest BCUT2D eigenvalue weighted by Crippen LogP contribution is 2.22. The van der Waals surface area contributed by atoms with Gasteiger partial charge in [0.05, 0.1) is 11.1 Å². The molecular formula is C19H18N2O4. The summed E-state index contributed by atoms with van der Waals surface area (Å²) >= 11 is 0. The first-order valence-corrected chi connectivity index (χ1v) is 8.06. The van der Waals surface area contributed by atoms with Crippen molar-refractivity contribution in [2.75, 3.05) is 13.1 Å². The van der Waals surface area contributed by atoms with E-state index >= 15 is 0 Å². The normalized spacial score (nSPS) is 13.0. The molecule has 0 saturated heterocycles. The lowest BCUT2D eigenvalue weighted by molar-refractivity contribution is -0.121. The van der Waals surface area contributed by atoms with Crippen molar-refractivity contribution in [3.63, 3.8) is 0 Å². The predicted octanol–water partition coefficient (Wildman–Crippen LogP) is 1.74. The van der Waals surface area contributed by atoms with Gasteiger partial charge in [-0.1, -0.05) is 24.3 Å². The second-order valence-corrected chi connectivity index (χ2v) is 5.83. The molecule has 1 heterocycles. The number of carbonyl (C=O) groups excluding carboxylic acids is 3. The highest BCUT2D eigenvalue weighted by atomic mass is 16.3. The molecule has 2 N–H and O–H groups in total. The third-order valence-corrected chi connectivity index (χ3v) is 4.09. The first-order valence-electron chi connectivity index (χ1n) is 8.06. The number of imide groups is 1. The van der Waals surface area contributed by atoms with Crippen LogP contribution in [0.25, 0.3) is 0 Å². The Morgan fingerprint density at radius 3 is 2.32 bits per heavy atom. The van der Waals surface area contributed by atoms with Crippen LogP contribution in [0.5, 0.6) is 5.75 Å². The van der Waals surface area contributed by atoms with Gasteiger partial charge in [0, 0.05) is 19.5 Å². The van der Waals surface area contributed by atoms with Crippen molar-refractivity contribution < 1.29 is 19.5 Å². The number of amides is 3. The van der Waals surface area contributed by atoms with Gasteiger partial charge in [-0.05, 0) is 36.2 Å². The molecule has 1 aliphatic rings. The molecule has 0 fully saturated rings. The largest absolute Gasteiger partial charge is 0.508 e. The van der Waals surface area contributed by atoms with Crippen LogP contribution in [-0.2, 0) is 11.2 Å². The van der Waals surface area contributed by atoms with Gasteiger partial charge in [0.25, 0.3) is 11.8 Å². The fourth-order valence-electron chi connectivity index (χ4n) is 2.80. The molecule has 3 amide bonds. The number of nitrogens with zero attached hydrogens (tertiary/aromatic N) is 1. The third-order valence-electron chi connectivity index (χ3n) is 4.09. The molecule has 6 heteroatoms. The summed E-state index contributed by atoms with van der Waals surface area (Å²) < 4.78 is 0. The van der Waals surface area contributed by atoms with E-state index in [1.807, 2.05) is 6.07 Å². The van der Waals surface area contributed by atoms with Crippen molar-refractivity contribution >= 4 is 17.7 Å². The molecule has 2 aromatic rings. The van der Waals surface area contributed by atoms with Crippen LogP contribution in [0.1, 0.15) is 32.7 Å². The zero-order chi connectivity index (χ0) is 17.8. The zero-order valence-corrected chi connectivity index (χ0v) is 13.6. The minimum Gasteiger partial charge on any atom is -0.508 e. The molecule has 128 valence electrons. The van der Waals surface area contributed by atoms with Gasteiger partial charge in [-0.2, -0.15) is 0 Å². The van der Waals surface area contributed by atoms with Gasteiger partial charge in [0.15, 0.2) is 0 Å². The van der Waals surface area contributed by atoms with Gasteiger partial charge >= 0.3 is 0 Å². The molecule has 0 aliphatic carbocycles. The molecule has 0 radical (unpaired) electrons. The predicted molar refractivity (Wildman–Crippen MR) is 91.2 cm³/mol. The SMILES string of the molecule is O=C(CCN1C(=O)c2ccccc2C1=O)NCCc1cccc(O)c1. The number of carbonyl (C=O) groups is 3. The van der Waals surface area contributed by atoms with Gasteiger partial charge in [-0.3, -0.25) is 19.3 Å². The van der Waals surface area contributed by atoms with Crippen molar-refractivity contribution in [1.82, 2.24) is 10.2 Å². The second-order valence-electron chi connectivity index (χ2n) is 5.83. The van der Waals surface area contributed by atoms with E-state index in [4.69, 9.17) is 0 Å². The summed E-state index contributed by atoms with van der Waals surface area (Å²) in [5.41, 5.74) is 1.69. The lowest BCUT2D eigenvalue weighted by Gasteiger charge is -2.13. The Kier molecular flexibility index (Phi) is 4.79. The van der Waals surface area contributed by atoms with Crippen molar-refractivity contribution in [1.29, 1.82) is 0 Å². The van der Waals surface area contributed by atoms with Crippen LogP contribution in [0.3, 0.4) is 0 Å². The monoisotopic (exact) mass is 338 g/mol. The van der Waals surface area contributed by atoms with Crippen molar-refractivity contribution in [3.05, 3.63) is 65.2 Å². The highest BCUT2D eigenvalue weighted by molar-refractivity contribution is 6.21. The fourth-order valence-corrected chi connectivity index (χ4v) is 2.80. The summed E-state index contributed by atoms with van der Waals surface area (Å²) in [6.07, 6.45) is 0.651. The Morgan fingerprint density at radius 2 is 1.68 bits per heavy atom. The summed E-state index contributed by atoms with van der Waals surface area (Å²) in [5, 5.41) is 12.2. The number of rotatable bonds is 6. The molecule has 0 spiro atoms. The Balaban J connectivity index is 1.47. The third kappa shape index (κ3) is 3.68. The summed E-state index contributed by atoms with van der Waals surface area (Å²) in [5.74, 6) is -0.743. The standard InChI is InChI=1S/C19H18N2O4/c22-14-5-3-4-13(12-14)8-10-20-17(23)9-11-21-18(24)15-6-1-2-7-16(15)19(21)25/h1-7,12,22H,8-11H2,(H,20,23). The van der Waals surface area contributed by atoms with Gasteiger partial charge in [-0.25, -0.2) is 0 Å². The van der Waals surface area contributed by atoms with E-state index in [-0.39, 0.29) is 36.4 Å².